The van der Waals surface area contributed by atoms with E-state index in [0.29, 0.717) is 6.04 Å². The molecule has 0 fully saturated rings. The third-order valence-corrected chi connectivity index (χ3v) is 4.67. The van der Waals surface area contributed by atoms with E-state index in [9.17, 15) is 0 Å². The van der Waals surface area contributed by atoms with Gasteiger partial charge in [-0.25, -0.2) is 0 Å². The highest BCUT2D eigenvalue weighted by molar-refractivity contribution is 9.10. The lowest BCUT2D eigenvalue weighted by Crippen LogP contribution is -2.08. The maximum absolute atomic E-state index is 3.64. The number of rotatable bonds is 2. The van der Waals surface area contributed by atoms with Crippen LogP contribution in [0.1, 0.15) is 29.7 Å². The van der Waals surface area contributed by atoms with Gasteiger partial charge in [0, 0.05) is 14.6 Å². The lowest BCUT2D eigenvalue weighted by molar-refractivity contribution is 0.807. The third-order valence-electron chi connectivity index (χ3n) is 3.68. The largest absolute Gasteiger partial charge is 0.378 e. The van der Waals surface area contributed by atoms with Gasteiger partial charge in [0.05, 0.1) is 6.04 Å². The van der Waals surface area contributed by atoms with Gasteiger partial charge in [0.15, 0.2) is 0 Å². The van der Waals surface area contributed by atoms with Crippen LogP contribution in [-0.2, 0) is 12.8 Å². The van der Waals surface area contributed by atoms with E-state index >= 15 is 0 Å². The summed E-state index contributed by atoms with van der Waals surface area (Å²) in [7, 11) is 0. The Morgan fingerprint density at radius 3 is 2.63 bits per heavy atom. The number of fused-ring (bicyclic) bond motifs is 1. The van der Waals surface area contributed by atoms with Crippen LogP contribution in [0.4, 0.5) is 5.69 Å². The normalized spacial score (nSPS) is 17.1. The average Bonchev–Trinajstić information content (AvgIpc) is 2.81. The van der Waals surface area contributed by atoms with Gasteiger partial charge in [-0.15, -0.1) is 0 Å². The molecule has 1 nitrogen and oxygen atoms in total. The van der Waals surface area contributed by atoms with Gasteiger partial charge in [-0.05, 0) is 59.9 Å². The van der Waals surface area contributed by atoms with Crippen LogP contribution in [0.2, 0.25) is 0 Å². The minimum absolute atomic E-state index is 0.396. The zero-order valence-corrected chi connectivity index (χ0v) is 13.9. The Hall–Kier alpha value is -0.800. The average molecular weight is 381 g/mol. The Balaban J connectivity index is 1.94. The molecule has 19 heavy (non-hydrogen) atoms. The molecule has 0 aliphatic carbocycles. The zero-order chi connectivity index (χ0) is 13.4. The molecule has 1 atom stereocenters. The molecule has 0 amide bonds. The third kappa shape index (κ3) is 2.59. The molecule has 3 rings (SSSR count). The van der Waals surface area contributed by atoms with Crippen molar-refractivity contribution < 1.29 is 0 Å². The summed E-state index contributed by atoms with van der Waals surface area (Å²) in [5, 5.41) is 3.64. The van der Waals surface area contributed by atoms with Gasteiger partial charge in [-0.2, -0.15) is 0 Å². The highest BCUT2D eigenvalue weighted by Gasteiger charge is 2.23. The summed E-state index contributed by atoms with van der Waals surface area (Å²) in [5.74, 6) is 0. The highest BCUT2D eigenvalue weighted by Crippen LogP contribution is 2.37. The quantitative estimate of drug-likeness (QED) is 0.726. The number of nitrogens with one attached hydrogen (secondary N) is 1. The maximum Gasteiger partial charge on any atom is 0.0557 e. The molecule has 0 aromatic heterocycles. The second-order valence-corrected chi connectivity index (χ2v) is 6.73. The molecule has 98 valence electrons. The molecule has 1 heterocycles. The number of hydrogen-bond donors (Lipinski definition) is 1. The summed E-state index contributed by atoms with van der Waals surface area (Å²) in [5.41, 5.74) is 5.49. The van der Waals surface area contributed by atoms with Crippen molar-refractivity contribution in [2.24, 2.45) is 0 Å². The molecule has 2 aromatic carbocycles. The molecule has 1 aliphatic heterocycles. The monoisotopic (exact) mass is 379 g/mol. The second kappa shape index (κ2) is 5.29. The number of benzene rings is 2. The van der Waals surface area contributed by atoms with Crippen LogP contribution < -0.4 is 5.32 Å². The molecular formula is C16H15Br2N. The number of hydrogen-bond acceptors (Lipinski definition) is 1. The second-order valence-electron chi connectivity index (χ2n) is 4.90. The summed E-state index contributed by atoms with van der Waals surface area (Å²) in [6.07, 6.45) is 2.12. The Morgan fingerprint density at radius 1 is 1.11 bits per heavy atom. The summed E-state index contributed by atoms with van der Waals surface area (Å²) >= 11 is 7.10. The topological polar surface area (TPSA) is 12.0 Å². The lowest BCUT2D eigenvalue weighted by atomic mass is 9.96. The smallest absolute Gasteiger partial charge is 0.0557 e. The number of aryl methyl sites for hydroxylation is 1. The Morgan fingerprint density at radius 2 is 1.84 bits per heavy atom. The minimum Gasteiger partial charge on any atom is -0.378 e. The Kier molecular flexibility index (Phi) is 3.68. The molecule has 0 saturated carbocycles. The van der Waals surface area contributed by atoms with E-state index < -0.39 is 0 Å². The fourth-order valence-corrected chi connectivity index (χ4v) is 3.56. The van der Waals surface area contributed by atoms with Gasteiger partial charge < -0.3 is 5.32 Å². The van der Waals surface area contributed by atoms with Crippen LogP contribution >= 0.6 is 31.9 Å². The predicted molar refractivity (Wildman–Crippen MR) is 87.7 cm³/mol. The molecule has 3 heteroatoms. The van der Waals surface area contributed by atoms with Gasteiger partial charge in [-0.1, -0.05) is 44.8 Å². The van der Waals surface area contributed by atoms with Crippen LogP contribution in [0.3, 0.4) is 0 Å². The van der Waals surface area contributed by atoms with Crippen molar-refractivity contribution in [2.45, 2.75) is 25.8 Å². The summed E-state index contributed by atoms with van der Waals surface area (Å²) in [6.45, 7) is 2.21. The van der Waals surface area contributed by atoms with E-state index in [1.54, 1.807) is 0 Å². The van der Waals surface area contributed by atoms with Crippen LogP contribution in [0.5, 0.6) is 0 Å². The van der Waals surface area contributed by atoms with Crippen LogP contribution in [0.25, 0.3) is 0 Å². The SMILES string of the molecule is CCc1cc(Br)ccc1C1Cc2cc(Br)ccc2N1. The van der Waals surface area contributed by atoms with E-state index in [0.717, 1.165) is 21.8 Å². The van der Waals surface area contributed by atoms with Gasteiger partial charge in [0.2, 0.25) is 0 Å². The van der Waals surface area contributed by atoms with Crippen LogP contribution in [0.15, 0.2) is 45.3 Å². The van der Waals surface area contributed by atoms with Crippen molar-refractivity contribution >= 4 is 37.5 Å². The van der Waals surface area contributed by atoms with Gasteiger partial charge in [0.1, 0.15) is 0 Å². The molecule has 0 radical (unpaired) electrons. The van der Waals surface area contributed by atoms with Gasteiger partial charge in [-0.3, -0.25) is 0 Å². The fraction of sp³-hybridized carbons (Fsp3) is 0.250. The number of anilines is 1. The highest BCUT2D eigenvalue weighted by atomic mass is 79.9. The van der Waals surface area contributed by atoms with Crippen LogP contribution in [0, 0.1) is 0 Å². The van der Waals surface area contributed by atoms with E-state index in [-0.39, 0.29) is 0 Å². The van der Waals surface area contributed by atoms with Crippen molar-refractivity contribution in [3.05, 3.63) is 62.0 Å². The first-order valence-electron chi connectivity index (χ1n) is 6.50. The summed E-state index contributed by atoms with van der Waals surface area (Å²) < 4.78 is 2.31. The molecule has 1 N–H and O–H groups in total. The van der Waals surface area contributed by atoms with E-state index in [1.807, 2.05) is 0 Å². The lowest BCUT2D eigenvalue weighted by Gasteiger charge is -2.16. The zero-order valence-electron chi connectivity index (χ0n) is 10.7. The molecule has 0 bridgehead atoms. The summed E-state index contributed by atoms with van der Waals surface area (Å²) in [4.78, 5) is 0. The standard InChI is InChI=1S/C16H15Br2N/c1-2-10-7-12(17)3-5-14(10)16-9-11-8-13(18)4-6-15(11)19-16/h3-8,16,19H,2,9H2,1H3. The molecule has 2 aromatic rings. The number of halogens is 2. The first kappa shape index (κ1) is 13.2. The molecule has 0 saturated heterocycles. The van der Waals surface area contributed by atoms with Crippen molar-refractivity contribution in [1.29, 1.82) is 0 Å². The molecular weight excluding hydrogens is 366 g/mol. The molecule has 1 aliphatic rings. The minimum atomic E-state index is 0.396. The van der Waals surface area contributed by atoms with Crippen molar-refractivity contribution in [3.63, 3.8) is 0 Å². The van der Waals surface area contributed by atoms with Crippen molar-refractivity contribution in [2.75, 3.05) is 5.32 Å². The Labute approximate surface area is 130 Å². The maximum atomic E-state index is 3.64. The molecule has 1 unspecified atom stereocenters. The fourth-order valence-electron chi connectivity index (χ4n) is 2.74. The summed E-state index contributed by atoms with van der Waals surface area (Å²) in [6, 6.07) is 13.5. The van der Waals surface area contributed by atoms with Crippen molar-refractivity contribution in [3.8, 4) is 0 Å². The predicted octanol–water partition coefficient (Wildman–Crippen LogP) is 5.48. The van der Waals surface area contributed by atoms with Gasteiger partial charge >= 0.3 is 0 Å². The van der Waals surface area contributed by atoms with E-state index in [1.165, 1.54) is 22.4 Å². The first-order valence-corrected chi connectivity index (χ1v) is 8.09. The molecule has 0 spiro atoms. The van der Waals surface area contributed by atoms with Crippen LogP contribution in [-0.4, -0.2) is 0 Å². The van der Waals surface area contributed by atoms with E-state index in [4.69, 9.17) is 0 Å². The first-order chi connectivity index (χ1) is 9.17. The van der Waals surface area contributed by atoms with Gasteiger partial charge in [0.25, 0.3) is 0 Å². The van der Waals surface area contributed by atoms with Crippen molar-refractivity contribution in [1.82, 2.24) is 0 Å². The van der Waals surface area contributed by atoms with E-state index in [2.05, 4.69) is 80.5 Å². The Bertz CT molecular complexity index is 622.